The third-order valence-corrected chi connectivity index (χ3v) is 5.21. The summed E-state index contributed by atoms with van der Waals surface area (Å²) in [4.78, 5) is 4.30. The summed E-state index contributed by atoms with van der Waals surface area (Å²) in [5.74, 6) is 1.32. The molecular formula is C24H34N4O2. The van der Waals surface area contributed by atoms with Gasteiger partial charge in [0.25, 0.3) is 5.88 Å². The Morgan fingerprint density at radius 1 is 1.13 bits per heavy atom. The van der Waals surface area contributed by atoms with Crippen LogP contribution in [0.1, 0.15) is 102 Å². The first-order valence-corrected chi connectivity index (χ1v) is 10.5. The highest BCUT2D eigenvalue weighted by atomic mass is 16.4. The molecule has 0 bridgehead atoms. The van der Waals surface area contributed by atoms with Crippen LogP contribution in [0.15, 0.2) is 21.7 Å². The lowest BCUT2D eigenvalue weighted by Gasteiger charge is -2.27. The number of phenolic OH excluding ortho intramolecular Hbond substituents is 1. The third kappa shape index (κ3) is 5.21. The van der Waals surface area contributed by atoms with Crippen molar-refractivity contribution >= 4 is 12.1 Å². The minimum atomic E-state index is -0.218. The zero-order valence-corrected chi connectivity index (χ0v) is 19.4. The summed E-state index contributed by atoms with van der Waals surface area (Å²) < 4.78 is 5.76. The highest BCUT2D eigenvalue weighted by Gasteiger charge is 2.26. The number of nitriles is 1. The first-order valence-electron chi connectivity index (χ1n) is 10.5. The number of hydrogen-bond donors (Lipinski definition) is 2. The zero-order valence-electron chi connectivity index (χ0n) is 19.4. The van der Waals surface area contributed by atoms with E-state index in [2.05, 4.69) is 77.0 Å². The zero-order chi connectivity index (χ0) is 22.7. The summed E-state index contributed by atoms with van der Waals surface area (Å²) in [5, 5.41) is 24.5. The minimum absolute atomic E-state index is 0.178. The van der Waals surface area contributed by atoms with Crippen molar-refractivity contribution in [3.05, 3.63) is 40.4 Å². The normalized spacial score (nSPS) is 12.5. The second kappa shape index (κ2) is 8.91. The van der Waals surface area contributed by atoms with Gasteiger partial charge in [-0.1, -0.05) is 55.4 Å². The van der Waals surface area contributed by atoms with Crippen LogP contribution < -0.4 is 5.43 Å². The van der Waals surface area contributed by atoms with E-state index in [0.29, 0.717) is 11.6 Å². The third-order valence-electron chi connectivity index (χ3n) is 5.21. The summed E-state index contributed by atoms with van der Waals surface area (Å²) in [6.07, 6.45) is 3.46. The van der Waals surface area contributed by atoms with Crippen LogP contribution >= 0.6 is 0 Å². The van der Waals surface area contributed by atoms with Crippen LogP contribution in [-0.4, -0.2) is 16.3 Å². The molecule has 0 aliphatic heterocycles. The number of aromatic hydroxyl groups is 1. The average Bonchev–Trinajstić information content (AvgIpc) is 3.05. The van der Waals surface area contributed by atoms with Crippen LogP contribution in [0.25, 0.3) is 0 Å². The summed E-state index contributed by atoms with van der Waals surface area (Å²) in [6.45, 7) is 16.6. The van der Waals surface area contributed by atoms with Gasteiger partial charge in [-0.2, -0.15) is 10.4 Å². The lowest BCUT2D eigenvalue weighted by atomic mass is 9.78. The van der Waals surface area contributed by atoms with Crippen molar-refractivity contribution in [2.75, 3.05) is 5.43 Å². The summed E-state index contributed by atoms with van der Waals surface area (Å²) in [6, 6.07) is 5.94. The van der Waals surface area contributed by atoms with Crippen LogP contribution in [0.4, 0.5) is 5.88 Å². The molecular weight excluding hydrogens is 376 g/mol. The van der Waals surface area contributed by atoms with Crippen LogP contribution in [0, 0.1) is 11.3 Å². The van der Waals surface area contributed by atoms with E-state index in [1.54, 1.807) is 6.21 Å². The van der Waals surface area contributed by atoms with Crippen LogP contribution in [0.3, 0.4) is 0 Å². The van der Waals surface area contributed by atoms with Crippen molar-refractivity contribution in [2.45, 2.75) is 85.0 Å². The monoisotopic (exact) mass is 410 g/mol. The summed E-state index contributed by atoms with van der Waals surface area (Å²) >= 11 is 0. The van der Waals surface area contributed by atoms with Crippen molar-refractivity contribution in [3.8, 4) is 11.8 Å². The minimum Gasteiger partial charge on any atom is -0.507 e. The van der Waals surface area contributed by atoms with E-state index in [0.717, 1.165) is 29.5 Å². The van der Waals surface area contributed by atoms with Gasteiger partial charge in [-0.3, -0.25) is 0 Å². The maximum Gasteiger partial charge on any atom is 0.252 e. The van der Waals surface area contributed by atoms with E-state index in [-0.39, 0.29) is 28.3 Å². The van der Waals surface area contributed by atoms with Gasteiger partial charge in [-0.15, -0.1) is 0 Å². The summed E-state index contributed by atoms with van der Waals surface area (Å²) in [7, 11) is 0. The van der Waals surface area contributed by atoms with E-state index in [4.69, 9.17) is 4.42 Å². The van der Waals surface area contributed by atoms with Gasteiger partial charge in [-0.05, 0) is 41.4 Å². The highest BCUT2D eigenvalue weighted by molar-refractivity contribution is 5.82. The van der Waals surface area contributed by atoms with Crippen molar-refractivity contribution in [2.24, 2.45) is 5.10 Å². The van der Waals surface area contributed by atoms with Crippen molar-refractivity contribution < 1.29 is 9.52 Å². The number of aromatic nitrogens is 1. The number of benzene rings is 1. The van der Waals surface area contributed by atoms with Crippen molar-refractivity contribution in [3.63, 3.8) is 0 Å². The number of anilines is 1. The number of phenols is 1. The van der Waals surface area contributed by atoms with E-state index < -0.39 is 0 Å². The van der Waals surface area contributed by atoms with Gasteiger partial charge in [-0.25, -0.2) is 10.4 Å². The fourth-order valence-electron chi connectivity index (χ4n) is 3.34. The van der Waals surface area contributed by atoms with Gasteiger partial charge in [0, 0.05) is 17.0 Å². The average molecular weight is 411 g/mol. The first-order chi connectivity index (χ1) is 13.9. The number of nitrogens with zero attached hydrogens (tertiary/aromatic N) is 3. The fourth-order valence-corrected chi connectivity index (χ4v) is 3.34. The topological polar surface area (TPSA) is 94.4 Å². The molecule has 1 aromatic carbocycles. The lowest BCUT2D eigenvalue weighted by Crippen LogP contribution is -2.17. The van der Waals surface area contributed by atoms with Gasteiger partial charge >= 0.3 is 0 Å². The predicted molar refractivity (Wildman–Crippen MR) is 121 cm³/mol. The Kier molecular flexibility index (Phi) is 6.97. The highest BCUT2D eigenvalue weighted by Crippen LogP contribution is 2.39. The molecule has 0 saturated carbocycles. The molecule has 6 heteroatoms. The Bertz CT molecular complexity index is 914. The molecule has 0 unspecified atom stereocenters. The Hall–Kier alpha value is -2.81. The molecule has 0 amide bonds. The molecule has 0 atom stereocenters. The Labute approximate surface area is 180 Å². The van der Waals surface area contributed by atoms with Crippen LogP contribution in [-0.2, 0) is 10.8 Å². The van der Waals surface area contributed by atoms with Crippen molar-refractivity contribution in [1.82, 2.24) is 4.98 Å². The Morgan fingerprint density at radius 3 is 2.10 bits per heavy atom. The molecule has 0 fully saturated rings. The lowest BCUT2D eigenvalue weighted by molar-refractivity contribution is 0.423. The van der Waals surface area contributed by atoms with Crippen LogP contribution in [0.5, 0.6) is 5.75 Å². The molecule has 2 aromatic rings. The molecule has 2 rings (SSSR count). The fraction of sp³-hybridized carbons (Fsp3) is 0.542. The van der Waals surface area contributed by atoms with Gasteiger partial charge in [0.1, 0.15) is 11.8 Å². The molecule has 0 radical (unpaired) electrons. The van der Waals surface area contributed by atoms with Gasteiger partial charge in [0.15, 0.2) is 0 Å². The maximum absolute atomic E-state index is 10.8. The van der Waals surface area contributed by atoms with Crippen molar-refractivity contribution in [1.29, 1.82) is 5.26 Å². The number of hydrogen-bond acceptors (Lipinski definition) is 6. The number of oxazole rings is 1. The molecule has 0 aliphatic rings. The Balaban J connectivity index is 2.38. The Morgan fingerprint density at radius 2 is 1.67 bits per heavy atom. The van der Waals surface area contributed by atoms with E-state index in [1.165, 1.54) is 0 Å². The summed E-state index contributed by atoms with van der Waals surface area (Å²) in [5.41, 5.74) is 5.17. The maximum atomic E-state index is 10.8. The number of nitrogens with one attached hydrogen (secondary N) is 1. The van der Waals surface area contributed by atoms with Gasteiger partial charge in [0.2, 0.25) is 11.6 Å². The molecule has 30 heavy (non-hydrogen) atoms. The molecule has 162 valence electrons. The molecule has 0 spiro atoms. The largest absolute Gasteiger partial charge is 0.507 e. The second-order valence-corrected chi connectivity index (χ2v) is 9.69. The standard InChI is InChI=1S/C24H34N4O2/c1-9-16(10-2)21-27-19(13-25)22(30-21)28-26-14-15-11-17(23(3,4)5)20(29)18(12-15)24(6,7)8/h11-12,14,16,28-29H,9-10H2,1-8H3/b26-14+. The molecule has 0 saturated heterocycles. The number of hydrazone groups is 1. The second-order valence-electron chi connectivity index (χ2n) is 9.69. The number of rotatable bonds is 6. The van der Waals surface area contributed by atoms with E-state index in [9.17, 15) is 10.4 Å². The molecule has 1 aromatic heterocycles. The molecule has 1 heterocycles. The van der Waals surface area contributed by atoms with Gasteiger partial charge < -0.3 is 9.52 Å². The smallest absolute Gasteiger partial charge is 0.252 e. The molecule has 2 N–H and O–H groups in total. The predicted octanol–water partition coefficient (Wildman–Crippen LogP) is 6.20. The van der Waals surface area contributed by atoms with E-state index >= 15 is 0 Å². The van der Waals surface area contributed by atoms with E-state index in [1.807, 2.05) is 12.1 Å². The SMILES string of the molecule is CCC(CC)c1nc(C#N)c(N/N=C/c2cc(C(C)(C)C)c(O)c(C(C)(C)C)c2)o1. The molecule has 6 nitrogen and oxygen atoms in total. The first kappa shape index (κ1) is 23.5. The van der Waals surface area contributed by atoms with Crippen LogP contribution in [0.2, 0.25) is 0 Å². The van der Waals surface area contributed by atoms with Gasteiger partial charge in [0.05, 0.1) is 6.21 Å². The quantitative estimate of drug-likeness (QED) is 0.437. The molecule has 0 aliphatic carbocycles.